The van der Waals surface area contributed by atoms with Crippen LogP contribution in [0.25, 0.3) is 5.57 Å². The van der Waals surface area contributed by atoms with E-state index in [0.29, 0.717) is 42.3 Å². The SMILES string of the molecule is COc1cc(OC)c(C2=CCN(C(=O)CNC(=O)c3ccccc3C)CC2)c(OC)c1. The molecule has 1 heterocycles. The highest BCUT2D eigenvalue weighted by molar-refractivity contribution is 5.97. The van der Waals surface area contributed by atoms with Gasteiger partial charge in [-0.05, 0) is 30.5 Å². The zero-order valence-electron chi connectivity index (χ0n) is 18.4. The van der Waals surface area contributed by atoms with E-state index >= 15 is 0 Å². The second-order valence-electron chi connectivity index (χ2n) is 7.22. The maximum Gasteiger partial charge on any atom is 0.251 e. The Hall–Kier alpha value is -3.48. The van der Waals surface area contributed by atoms with Crippen LogP contribution in [0.2, 0.25) is 0 Å². The maximum absolute atomic E-state index is 12.6. The molecule has 7 heteroatoms. The van der Waals surface area contributed by atoms with Gasteiger partial charge in [0, 0.05) is 30.8 Å². The van der Waals surface area contributed by atoms with Crippen molar-refractivity contribution >= 4 is 17.4 Å². The Kier molecular flexibility index (Phi) is 7.18. The van der Waals surface area contributed by atoms with Gasteiger partial charge in [0.2, 0.25) is 5.91 Å². The Bertz CT molecular complexity index is 974. The first-order valence-electron chi connectivity index (χ1n) is 10.1. The molecular weight excluding hydrogens is 396 g/mol. The van der Waals surface area contributed by atoms with Crippen LogP contribution in [-0.2, 0) is 4.79 Å². The Labute approximate surface area is 182 Å². The largest absolute Gasteiger partial charge is 0.496 e. The summed E-state index contributed by atoms with van der Waals surface area (Å²) in [7, 11) is 4.80. The molecule has 0 saturated carbocycles. The first-order chi connectivity index (χ1) is 15.0. The first-order valence-corrected chi connectivity index (χ1v) is 10.1. The molecule has 0 atom stereocenters. The number of nitrogens with one attached hydrogen (secondary N) is 1. The smallest absolute Gasteiger partial charge is 0.251 e. The molecular formula is C24H28N2O5. The molecule has 31 heavy (non-hydrogen) atoms. The predicted octanol–water partition coefficient (Wildman–Crippen LogP) is 3.07. The monoisotopic (exact) mass is 424 g/mol. The van der Waals surface area contributed by atoms with Gasteiger partial charge in [-0.15, -0.1) is 0 Å². The molecule has 0 saturated heterocycles. The average Bonchev–Trinajstić information content (AvgIpc) is 2.81. The van der Waals surface area contributed by atoms with E-state index in [-0.39, 0.29) is 18.4 Å². The molecule has 2 aromatic carbocycles. The Morgan fingerprint density at radius 1 is 1.03 bits per heavy atom. The lowest BCUT2D eigenvalue weighted by atomic mass is 9.97. The molecule has 0 fully saturated rings. The van der Waals surface area contributed by atoms with E-state index in [4.69, 9.17) is 14.2 Å². The number of carbonyl (C=O) groups excluding carboxylic acids is 2. The van der Waals surface area contributed by atoms with Gasteiger partial charge >= 0.3 is 0 Å². The van der Waals surface area contributed by atoms with Gasteiger partial charge < -0.3 is 24.4 Å². The summed E-state index contributed by atoms with van der Waals surface area (Å²) < 4.78 is 16.4. The summed E-state index contributed by atoms with van der Waals surface area (Å²) in [6, 6.07) is 10.9. The minimum atomic E-state index is -0.243. The lowest BCUT2D eigenvalue weighted by molar-refractivity contribution is -0.129. The third-order valence-corrected chi connectivity index (χ3v) is 5.39. The lowest BCUT2D eigenvalue weighted by Crippen LogP contribution is -2.42. The van der Waals surface area contributed by atoms with Gasteiger partial charge in [0.1, 0.15) is 17.2 Å². The van der Waals surface area contributed by atoms with Crippen LogP contribution < -0.4 is 19.5 Å². The molecule has 1 aliphatic heterocycles. The number of ether oxygens (including phenoxy) is 3. The van der Waals surface area contributed by atoms with Gasteiger partial charge in [-0.1, -0.05) is 24.3 Å². The van der Waals surface area contributed by atoms with Gasteiger partial charge in [-0.25, -0.2) is 0 Å². The number of carbonyl (C=O) groups is 2. The fourth-order valence-corrected chi connectivity index (χ4v) is 3.64. The molecule has 3 rings (SSSR count). The molecule has 2 amide bonds. The fourth-order valence-electron chi connectivity index (χ4n) is 3.64. The number of hydrogen-bond acceptors (Lipinski definition) is 5. The van der Waals surface area contributed by atoms with Crippen LogP contribution in [0.15, 0.2) is 42.5 Å². The van der Waals surface area contributed by atoms with Gasteiger partial charge in [-0.3, -0.25) is 9.59 Å². The molecule has 0 aliphatic carbocycles. The van der Waals surface area contributed by atoms with Crippen molar-refractivity contribution in [2.45, 2.75) is 13.3 Å². The van der Waals surface area contributed by atoms with Crippen LogP contribution >= 0.6 is 0 Å². The summed E-state index contributed by atoms with van der Waals surface area (Å²) in [6.07, 6.45) is 2.65. The average molecular weight is 424 g/mol. The standard InChI is InChI=1S/C24H28N2O5/c1-16-7-5-6-8-19(16)24(28)25-15-22(27)26-11-9-17(10-12-26)23-20(30-3)13-18(29-2)14-21(23)31-4/h5-9,13-14H,10-12,15H2,1-4H3,(H,25,28). The predicted molar refractivity (Wildman–Crippen MR) is 119 cm³/mol. The van der Waals surface area contributed by atoms with Gasteiger partial charge in [0.15, 0.2) is 0 Å². The zero-order chi connectivity index (χ0) is 22.4. The normalized spacial score (nSPS) is 13.3. The molecule has 164 valence electrons. The van der Waals surface area contributed by atoms with Crippen LogP contribution in [0, 0.1) is 6.92 Å². The van der Waals surface area contributed by atoms with Crippen LogP contribution in [-0.4, -0.2) is 57.7 Å². The fraction of sp³-hybridized carbons (Fsp3) is 0.333. The third-order valence-electron chi connectivity index (χ3n) is 5.39. The maximum atomic E-state index is 12.6. The summed E-state index contributed by atoms with van der Waals surface area (Å²) in [5, 5.41) is 2.72. The molecule has 0 unspecified atom stereocenters. The second-order valence-corrected chi connectivity index (χ2v) is 7.22. The van der Waals surface area contributed by atoms with Crippen LogP contribution in [0.4, 0.5) is 0 Å². The van der Waals surface area contributed by atoms with Crippen LogP contribution in [0.1, 0.15) is 27.9 Å². The third kappa shape index (κ3) is 4.99. The Morgan fingerprint density at radius 3 is 2.26 bits per heavy atom. The summed E-state index contributed by atoms with van der Waals surface area (Å²) in [4.78, 5) is 26.7. The number of methoxy groups -OCH3 is 3. The summed E-state index contributed by atoms with van der Waals surface area (Å²) in [5.74, 6) is 1.61. The Morgan fingerprint density at radius 2 is 1.71 bits per heavy atom. The van der Waals surface area contributed by atoms with Crippen molar-refractivity contribution in [3.8, 4) is 17.2 Å². The van der Waals surface area contributed by atoms with Gasteiger partial charge in [0.05, 0.1) is 33.4 Å². The first kappa shape index (κ1) is 22.2. The highest BCUT2D eigenvalue weighted by atomic mass is 16.5. The van der Waals surface area contributed by atoms with E-state index in [1.165, 1.54) is 0 Å². The van der Waals surface area contributed by atoms with E-state index in [1.807, 2.05) is 43.3 Å². The zero-order valence-corrected chi connectivity index (χ0v) is 18.4. The van der Waals surface area contributed by atoms with Crippen molar-refractivity contribution in [3.05, 3.63) is 59.2 Å². The number of benzene rings is 2. The second kappa shape index (κ2) is 10.0. The summed E-state index contributed by atoms with van der Waals surface area (Å²) >= 11 is 0. The van der Waals surface area contributed by atoms with Crippen molar-refractivity contribution in [2.24, 2.45) is 0 Å². The molecule has 1 aliphatic rings. The molecule has 0 aromatic heterocycles. The molecule has 0 radical (unpaired) electrons. The highest BCUT2D eigenvalue weighted by Gasteiger charge is 2.23. The van der Waals surface area contributed by atoms with E-state index in [0.717, 1.165) is 16.7 Å². The summed E-state index contributed by atoms with van der Waals surface area (Å²) in [6.45, 7) is 2.83. The van der Waals surface area contributed by atoms with Crippen molar-refractivity contribution in [1.29, 1.82) is 0 Å². The van der Waals surface area contributed by atoms with Crippen molar-refractivity contribution in [3.63, 3.8) is 0 Å². The quantitative estimate of drug-likeness (QED) is 0.739. The topological polar surface area (TPSA) is 77.1 Å². The summed E-state index contributed by atoms with van der Waals surface area (Å²) in [5.41, 5.74) is 3.37. The minimum absolute atomic E-state index is 0.0362. The van der Waals surface area contributed by atoms with E-state index in [2.05, 4.69) is 5.32 Å². The van der Waals surface area contributed by atoms with Crippen molar-refractivity contribution in [2.75, 3.05) is 41.0 Å². The number of nitrogens with zero attached hydrogens (tertiary/aromatic N) is 1. The lowest BCUT2D eigenvalue weighted by Gasteiger charge is -2.28. The highest BCUT2D eigenvalue weighted by Crippen LogP contribution is 2.40. The molecule has 2 aromatic rings. The molecule has 7 nitrogen and oxygen atoms in total. The van der Waals surface area contributed by atoms with E-state index < -0.39 is 0 Å². The molecule has 0 bridgehead atoms. The minimum Gasteiger partial charge on any atom is -0.496 e. The van der Waals surface area contributed by atoms with E-state index in [1.54, 1.807) is 32.3 Å². The van der Waals surface area contributed by atoms with Crippen LogP contribution in [0.3, 0.4) is 0 Å². The molecule has 1 N–H and O–H groups in total. The number of rotatable bonds is 7. The Balaban J connectivity index is 1.67. The number of aryl methyl sites for hydroxylation is 1. The number of amides is 2. The van der Waals surface area contributed by atoms with Gasteiger partial charge in [0.25, 0.3) is 5.91 Å². The number of hydrogen-bond donors (Lipinski definition) is 1. The van der Waals surface area contributed by atoms with Crippen molar-refractivity contribution < 1.29 is 23.8 Å². The van der Waals surface area contributed by atoms with Crippen molar-refractivity contribution in [1.82, 2.24) is 10.2 Å². The van der Waals surface area contributed by atoms with E-state index in [9.17, 15) is 9.59 Å². The van der Waals surface area contributed by atoms with Crippen LogP contribution in [0.5, 0.6) is 17.2 Å². The van der Waals surface area contributed by atoms with Gasteiger partial charge in [-0.2, -0.15) is 0 Å². The molecule has 0 spiro atoms.